The quantitative estimate of drug-likeness (QED) is 0.632. The van der Waals surface area contributed by atoms with Crippen LogP contribution in [0.5, 0.6) is 0 Å². The number of aromatic nitrogens is 1. The van der Waals surface area contributed by atoms with Gasteiger partial charge in [-0.05, 0) is 50.9 Å². The molecule has 2 aromatic rings. The van der Waals surface area contributed by atoms with Gasteiger partial charge in [0.1, 0.15) is 0 Å². The number of hydrogen-bond acceptors (Lipinski definition) is 6. The molecule has 0 N–H and O–H groups in total. The number of nitrogens with zero attached hydrogens (tertiary/aromatic N) is 4. The van der Waals surface area contributed by atoms with Crippen molar-refractivity contribution in [2.24, 2.45) is 5.92 Å². The number of amides is 1. The summed E-state index contributed by atoms with van der Waals surface area (Å²) in [6, 6.07) is 4.91. The zero-order valence-electron chi connectivity index (χ0n) is 18.8. The van der Waals surface area contributed by atoms with Gasteiger partial charge in [-0.15, -0.1) is 0 Å². The minimum absolute atomic E-state index is 0.0769. The van der Waals surface area contributed by atoms with E-state index in [0.29, 0.717) is 37.2 Å². The first kappa shape index (κ1) is 23.4. The molecular formula is C22H32N4O4S2. The van der Waals surface area contributed by atoms with E-state index in [1.165, 1.54) is 4.31 Å². The number of thiazole rings is 1. The normalized spacial score (nSPS) is 19.6. The molecule has 0 unspecified atom stereocenters. The molecule has 2 fully saturated rings. The number of fused-ring (bicyclic) bond motifs is 1. The lowest BCUT2D eigenvalue weighted by molar-refractivity contribution is -0.138. The molecule has 1 amide bonds. The van der Waals surface area contributed by atoms with Gasteiger partial charge in [0, 0.05) is 51.7 Å². The van der Waals surface area contributed by atoms with Crippen LogP contribution in [0.4, 0.5) is 0 Å². The molecule has 1 aromatic carbocycles. The zero-order chi connectivity index (χ0) is 22.9. The summed E-state index contributed by atoms with van der Waals surface area (Å²) in [6.07, 6.45) is 2.22. The number of benzene rings is 1. The highest BCUT2D eigenvalue weighted by Gasteiger charge is 2.34. The first-order valence-electron chi connectivity index (χ1n) is 11.5. The molecule has 176 valence electrons. The van der Waals surface area contributed by atoms with Crippen molar-refractivity contribution >= 4 is 37.5 Å². The van der Waals surface area contributed by atoms with Crippen molar-refractivity contribution in [1.82, 2.24) is 18.7 Å². The molecule has 32 heavy (non-hydrogen) atoms. The van der Waals surface area contributed by atoms with Gasteiger partial charge in [0.25, 0.3) is 0 Å². The summed E-state index contributed by atoms with van der Waals surface area (Å²) < 4.78 is 30.2. The Morgan fingerprint density at radius 2 is 1.75 bits per heavy atom. The maximum absolute atomic E-state index is 13.2. The van der Waals surface area contributed by atoms with E-state index in [-0.39, 0.29) is 21.6 Å². The minimum atomic E-state index is -3.65. The molecule has 0 spiro atoms. The van der Waals surface area contributed by atoms with Crippen LogP contribution in [0.3, 0.4) is 0 Å². The standard InChI is InChI=1S/C22H32N4O4S2/c1-3-9-23-12-14-24(15-13-23)21(27)17-7-10-25(11-8-17)32(29,30)18-5-6-19-20(16-18)31-22(28)26(19)4-2/h5-6,16-17H,3-4,7-15H2,1-2H3. The average Bonchev–Trinajstić information content (AvgIpc) is 3.13. The molecule has 1 aromatic heterocycles. The molecule has 2 aliphatic rings. The number of carbonyl (C=O) groups is 1. The summed E-state index contributed by atoms with van der Waals surface area (Å²) in [5.41, 5.74) is 0.768. The Balaban J connectivity index is 1.40. The van der Waals surface area contributed by atoms with Crippen molar-refractivity contribution in [3.05, 3.63) is 27.9 Å². The maximum Gasteiger partial charge on any atom is 0.308 e. The van der Waals surface area contributed by atoms with Crippen LogP contribution >= 0.6 is 11.3 Å². The van der Waals surface area contributed by atoms with Gasteiger partial charge in [-0.1, -0.05) is 18.3 Å². The van der Waals surface area contributed by atoms with Crippen LogP contribution in [-0.2, 0) is 21.4 Å². The number of hydrogen-bond donors (Lipinski definition) is 0. The van der Waals surface area contributed by atoms with Crippen LogP contribution in [0.15, 0.2) is 27.9 Å². The molecule has 8 nitrogen and oxygen atoms in total. The first-order valence-corrected chi connectivity index (χ1v) is 13.8. The van der Waals surface area contributed by atoms with Crippen molar-refractivity contribution in [3.8, 4) is 0 Å². The molecule has 0 saturated carbocycles. The lowest BCUT2D eigenvalue weighted by atomic mass is 9.96. The molecule has 0 atom stereocenters. The molecule has 3 heterocycles. The fraction of sp³-hybridized carbons (Fsp3) is 0.636. The van der Waals surface area contributed by atoms with Crippen LogP contribution < -0.4 is 4.87 Å². The molecule has 0 radical (unpaired) electrons. The van der Waals surface area contributed by atoms with Gasteiger partial charge in [-0.25, -0.2) is 8.42 Å². The van der Waals surface area contributed by atoms with Gasteiger partial charge in [0.15, 0.2) is 0 Å². The van der Waals surface area contributed by atoms with Gasteiger partial charge in [0.2, 0.25) is 15.9 Å². The number of aryl methyl sites for hydroxylation is 1. The third kappa shape index (κ3) is 4.50. The molecular weight excluding hydrogens is 448 g/mol. The van der Waals surface area contributed by atoms with E-state index in [9.17, 15) is 18.0 Å². The number of piperazine rings is 1. The van der Waals surface area contributed by atoms with E-state index in [0.717, 1.165) is 56.0 Å². The van der Waals surface area contributed by atoms with E-state index in [2.05, 4.69) is 11.8 Å². The number of carbonyl (C=O) groups excluding carboxylic acids is 1. The summed E-state index contributed by atoms with van der Waals surface area (Å²) >= 11 is 1.07. The molecule has 2 saturated heterocycles. The average molecular weight is 481 g/mol. The molecule has 0 aliphatic carbocycles. The molecule has 4 rings (SSSR count). The van der Waals surface area contributed by atoms with Gasteiger partial charge in [-0.3, -0.25) is 19.1 Å². The summed E-state index contributed by atoms with van der Waals surface area (Å²) in [5, 5.41) is 0. The second kappa shape index (κ2) is 9.62. The van der Waals surface area contributed by atoms with Crippen LogP contribution in [0.1, 0.15) is 33.1 Å². The minimum Gasteiger partial charge on any atom is -0.340 e. The SMILES string of the molecule is CCCN1CCN(C(=O)C2CCN(S(=O)(=O)c3ccc4c(c3)sc(=O)n4CC)CC2)CC1. The Morgan fingerprint density at radius 1 is 1.06 bits per heavy atom. The highest BCUT2D eigenvalue weighted by Crippen LogP contribution is 2.28. The van der Waals surface area contributed by atoms with Crippen molar-refractivity contribution in [2.75, 3.05) is 45.8 Å². The topological polar surface area (TPSA) is 82.9 Å². The van der Waals surface area contributed by atoms with Gasteiger partial charge in [0.05, 0.1) is 15.1 Å². The van der Waals surface area contributed by atoms with Crippen LogP contribution in [0, 0.1) is 5.92 Å². The maximum atomic E-state index is 13.2. The van der Waals surface area contributed by atoms with Crippen LogP contribution in [0.2, 0.25) is 0 Å². The number of sulfonamides is 1. The summed E-state index contributed by atoms with van der Waals surface area (Å²) in [5.74, 6) is 0.0655. The summed E-state index contributed by atoms with van der Waals surface area (Å²) in [4.78, 5) is 29.5. The van der Waals surface area contributed by atoms with E-state index in [4.69, 9.17) is 0 Å². The van der Waals surface area contributed by atoms with Crippen LogP contribution in [-0.4, -0.2) is 78.8 Å². The highest BCUT2D eigenvalue weighted by molar-refractivity contribution is 7.89. The predicted molar refractivity (Wildman–Crippen MR) is 127 cm³/mol. The monoisotopic (exact) mass is 480 g/mol. The van der Waals surface area contributed by atoms with Crippen LogP contribution in [0.25, 0.3) is 10.2 Å². The third-order valence-corrected chi connectivity index (χ3v) is 9.46. The molecule has 10 heteroatoms. The third-order valence-electron chi connectivity index (χ3n) is 6.62. The van der Waals surface area contributed by atoms with E-state index < -0.39 is 10.0 Å². The van der Waals surface area contributed by atoms with E-state index >= 15 is 0 Å². The lowest BCUT2D eigenvalue weighted by Gasteiger charge is -2.38. The van der Waals surface area contributed by atoms with Gasteiger partial charge < -0.3 is 4.90 Å². The smallest absolute Gasteiger partial charge is 0.308 e. The second-order valence-electron chi connectivity index (χ2n) is 8.59. The van der Waals surface area contributed by atoms with Gasteiger partial charge in [-0.2, -0.15) is 4.31 Å². The van der Waals surface area contributed by atoms with Crippen molar-refractivity contribution in [3.63, 3.8) is 0 Å². The largest absolute Gasteiger partial charge is 0.340 e. The van der Waals surface area contributed by atoms with Crippen molar-refractivity contribution in [1.29, 1.82) is 0 Å². The first-order chi connectivity index (χ1) is 15.3. The Bertz CT molecular complexity index is 1120. The van der Waals surface area contributed by atoms with E-state index in [1.54, 1.807) is 22.8 Å². The summed E-state index contributed by atoms with van der Waals surface area (Å²) in [7, 11) is -3.65. The molecule has 2 aliphatic heterocycles. The Morgan fingerprint density at radius 3 is 2.38 bits per heavy atom. The lowest BCUT2D eigenvalue weighted by Crippen LogP contribution is -2.51. The fourth-order valence-electron chi connectivity index (χ4n) is 4.77. The number of rotatable bonds is 6. The predicted octanol–water partition coefficient (Wildman–Crippen LogP) is 2.04. The Hall–Kier alpha value is -1.75. The molecule has 0 bridgehead atoms. The zero-order valence-corrected chi connectivity index (χ0v) is 20.5. The Labute approximate surface area is 193 Å². The summed E-state index contributed by atoms with van der Waals surface area (Å²) in [6.45, 7) is 9.74. The fourth-order valence-corrected chi connectivity index (χ4v) is 7.33. The second-order valence-corrected chi connectivity index (χ2v) is 11.5. The van der Waals surface area contributed by atoms with E-state index in [1.807, 2.05) is 11.8 Å². The van der Waals surface area contributed by atoms with Gasteiger partial charge >= 0.3 is 4.87 Å². The van der Waals surface area contributed by atoms with Crippen molar-refractivity contribution in [2.45, 2.75) is 44.6 Å². The Kier molecular flexibility index (Phi) is 7.04. The number of piperidine rings is 1. The highest BCUT2D eigenvalue weighted by atomic mass is 32.2. The van der Waals surface area contributed by atoms with Crippen molar-refractivity contribution < 1.29 is 13.2 Å².